The molecular formula is C22H22N3O3S+. The third-order valence-electron chi connectivity index (χ3n) is 5.70. The number of hydrogen-bond donors (Lipinski definition) is 1. The fourth-order valence-electron chi connectivity index (χ4n) is 4.12. The van der Waals surface area contributed by atoms with Crippen molar-refractivity contribution < 1.29 is 19.2 Å². The Morgan fingerprint density at radius 3 is 2.72 bits per heavy atom. The first-order chi connectivity index (χ1) is 14.2. The van der Waals surface area contributed by atoms with E-state index in [0.29, 0.717) is 5.56 Å². The maximum absolute atomic E-state index is 12.8. The Balaban J connectivity index is 1.17. The molecular weight excluding hydrogens is 386 g/mol. The van der Waals surface area contributed by atoms with E-state index in [-0.39, 0.29) is 18.3 Å². The first-order valence-electron chi connectivity index (χ1n) is 9.93. The van der Waals surface area contributed by atoms with Crippen LogP contribution in [0.4, 0.5) is 0 Å². The van der Waals surface area contributed by atoms with Gasteiger partial charge in [0.05, 0.1) is 48.4 Å². The molecule has 6 nitrogen and oxygen atoms in total. The number of rotatable bonds is 4. The smallest absolute Gasteiger partial charge is 0.339 e. The molecule has 0 radical (unpaired) electrons. The normalized spacial score (nSPS) is 19.4. The molecule has 148 valence electrons. The highest BCUT2D eigenvalue weighted by Gasteiger charge is 2.34. The van der Waals surface area contributed by atoms with Crippen molar-refractivity contribution in [1.29, 1.82) is 0 Å². The number of nitrogens with one attached hydrogen (secondary N) is 1. The van der Waals surface area contributed by atoms with E-state index in [4.69, 9.17) is 9.72 Å². The summed E-state index contributed by atoms with van der Waals surface area (Å²) >= 11 is 1.75. The van der Waals surface area contributed by atoms with Crippen molar-refractivity contribution >= 4 is 33.4 Å². The number of aromatic nitrogens is 1. The molecule has 1 saturated heterocycles. The van der Waals surface area contributed by atoms with E-state index in [2.05, 4.69) is 12.1 Å². The lowest BCUT2D eigenvalue weighted by Crippen LogP contribution is -3.13. The molecule has 0 spiro atoms. The van der Waals surface area contributed by atoms with E-state index in [1.165, 1.54) is 9.60 Å². The van der Waals surface area contributed by atoms with Gasteiger partial charge in [-0.1, -0.05) is 30.3 Å². The molecule has 3 aromatic rings. The molecule has 1 fully saturated rings. The van der Waals surface area contributed by atoms with E-state index < -0.39 is 6.10 Å². The van der Waals surface area contributed by atoms with E-state index in [0.717, 1.165) is 48.8 Å². The SMILES string of the molecule is O=C1O[C@H](CC(=O)N2CC[NH+](Cc3nc4ccccc4s3)CC2)c2ccccc21. The van der Waals surface area contributed by atoms with Gasteiger partial charge in [-0.15, -0.1) is 11.3 Å². The molecule has 29 heavy (non-hydrogen) atoms. The Morgan fingerprint density at radius 1 is 1.14 bits per heavy atom. The summed E-state index contributed by atoms with van der Waals surface area (Å²) in [7, 11) is 0. The summed E-state index contributed by atoms with van der Waals surface area (Å²) < 4.78 is 6.65. The third kappa shape index (κ3) is 3.63. The fraction of sp³-hybridized carbons (Fsp3) is 0.318. The van der Waals surface area contributed by atoms with Gasteiger partial charge in [0.1, 0.15) is 17.7 Å². The van der Waals surface area contributed by atoms with E-state index >= 15 is 0 Å². The zero-order valence-corrected chi connectivity index (χ0v) is 16.8. The highest BCUT2D eigenvalue weighted by atomic mass is 32.1. The zero-order valence-electron chi connectivity index (χ0n) is 16.0. The standard InChI is InChI=1S/C22H21N3O3S/c26-21(13-18-15-5-1-2-6-16(15)22(27)28-18)25-11-9-24(10-12-25)14-20-23-17-7-3-4-8-19(17)29-20/h1-8,18H,9-14H2/p+1/t18-/m1/s1. The highest BCUT2D eigenvalue weighted by molar-refractivity contribution is 7.18. The number of fused-ring (bicyclic) bond motifs is 2. The maximum Gasteiger partial charge on any atom is 0.339 e. The number of para-hydroxylation sites is 1. The minimum atomic E-state index is -0.459. The van der Waals surface area contributed by atoms with Gasteiger partial charge in [0.15, 0.2) is 0 Å². The van der Waals surface area contributed by atoms with Crippen molar-refractivity contribution in [2.75, 3.05) is 26.2 Å². The number of esters is 1. The summed E-state index contributed by atoms with van der Waals surface area (Å²) in [4.78, 5) is 32.8. The van der Waals surface area contributed by atoms with E-state index in [1.54, 1.807) is 17.4 Å². The Bertz CT molecular complexity index is 1040. The second kappa shape index (κ2) is 7.57. The molecule has 0 aliphatic carbocycles. The molecule has 1 aromatic heterocycles. The van der Waals surface area contributed by atoms with Crippen LogP contribution in [-0.4, -0.2) is 47.9 Å². The first kappa shape index (κ1) is 18.3. The number of nitrogens with zero attached hydrogens (tertiary/aromatic N) is 2. The molecule has 7 heteroatoms. The summed E-state index contributed by atoms with van der Waals surface area (Å²) in [6, 6.07) is 15.5. The van der Waals surface area contributed by atoms with Gasteiger partial charge in [-0.25, -0.2) is 9.78 Å². The van der Waals surface area contributed by atoms with Crippen LogP contribution < -0.4 is 4.90 Å². The average Bonchev–Trinajstić information content (AvgIpc) is 3.29. The minimum Gasteiger partial charge on any atom is -0.453 e. The molecule has 1 atom stereocenters. The zero-order chi connectivity index (χ0) is 19.8. The van der Waals surface area contributed by atoms with Crippen LogP contribution in [0, 0.1) is 0 Å². The molecule has 3 heterocycles. The topological polar surface area (TPSA) is 63.9 Å². The van der Waals surface area contributed by atoms with Gasteiger partial charge in [-0.2, -0.15) is 0 Å². The molecule has 5 rings (SSSR count). The average molecular weight is 409 g/mol. The third-order valence-corrected chi connectivity index (χ3v) is 6.74. The van der Waals surface area contributed by atoms with Crippen LogP contribution in [0.5, 0.6) is 0 Å². The van der Waals surface area contributed by atoms with Crippen molar-refractivity contribution in [3.8, 4) is 0 Å². The van der Waals surface area contributed by atoms with Gasteiger partial charge < -0.3 is 14.5 Å². The molecule has 1 N–H and O–H groups in total. The minimum absolute atomic E-state index is 0.0542. The lowest BCUT2D eigenvalue weighted by Gasteiger charge is -2.32. The van der Waals surface area contributed by atoms with Crippen LogP contribution in [0.3, 0.4) is 0 Å². The van der Waals surface area contributed by atoms with Gasteiger partial charge in [0.2, 0.25) is 5.91 Å². The van der Waals surface area contributed by atoms with Gasteiger partial charge in [0.25, 0.3) is 0 Å². The summed E-state index contributed by atoms with van der Waals surface area (Å²) in [6.07, 6.45) is -0.241. The molecule has 0 bridgehead atoms. The number of hydrogen-bond acceptors (Lipinski definition) is 5. The van der Waals surface area contributed by atoms with Gasteiger partial charge in [-0.05, 0) is 18.2 Å². The lowest BCUT2D eigenvalue weighted by atomic mass is 10.0. The van der Waals surface area contributed by atoms with Crippen LogP contribution >= 0.6 is 11.3 Å². The van der Waals surface area contributed by atoms with Crippen LogP contribution in [0.25, 0.3) is 10.2 Å². The fourth-order valence-corrected chi connectivity index (χ4v) is 5.16. The van der Waals surface area contributed by atoms with Gasteiger partial charge in [0, 0.05) is 5.56 Å². The second-order valence-electron chi connectivity index (χ2n) is 7.57. The second-order valence-corrected chi connectivity index (χ2v) is 8.68. The monoisotopic (exact) mass is 408 g/mol. The molecule has 0 unspecified atom stereocenters. The molecule has 2 aromatic carbocycles. The number of cyclic esters (lactones) is 1. The predicted molar refractivity (Wildman–Crippen MR) is 110 cm³/mol. The lowest BCUT2D eigenvalue weighted by molar-refractivity contribution is -0.917. The van der Waals surface area contributed by atoms with Crippen LogP contribution in [0.2, 0.25) is 0 Å². The van der Waals surface area contributed by atoms with E-state index in [9.17, 15) is 9.59 Å². The summed E-state index contributed by atoms with van der Waals surface area (Å²) in [5.74, 6) is -0.276. The Kier molecular flexibility index (Phi) is 4.77. The van der Waals surface area contributed by atoms with Crippen molar-refractivity contribution in [2.45, 2.75) is 19.1 Å². The maximum atomic E-state index is 12.8. The number of benzene rings is 2. The summed E-state index contributed by atoms with van der Waals surface area (Å²) in [6.45, 7) is 4.16. The Labute approximate surface area is 172 Å². The first-order valence-corrected chi connectivity index (χ1v) is 10.7. The molecule has 1 amide bonds. The van der Waals surface area contributed by atoms with E-state index in [1.807, 2.05) is 35.2 Å². The van der Waals surface area contributed by atoms with Crippen LogP contribution in [0.1, 0.15) is 33.5 Å². The number of carbonyl (C=O) groups is 2. The molecule has 2 aliphatic heterocycles. The molecule has 2 aliphatic rings. The number of quaternary nitrogens is 1. The van der Waals surface area contributed by atoms with Crippen LogP contribution in [0.15, 0.2) is 48.5 Å². The van der Waals surface area contributed by atoms with Gasteiger partial charge >= 0.3 is 5.97 Å². The number of amides is 1. The quantitative estimate of drug-likeness (QED) is 0.669. The van der Waals surface area contributed by atoms with Crippen molar-refractivity contribution in [3.05, 3.63) is 64.7 Å². The number of carbonyl (C=O) groups excluding carboxylic acids is 2. The molecule has 0 saturated carbocycles. The summed E-state index contributed by atoms with van der Waals surface area (Å²) in [5, 5.41) is 1.15. The van der Waals surface area contributed by atoms with Crippen molar-refractivity contribution in [2.24, 2.45) is 0 Å². The number of piperazine rings is 1. The summed E-state index contributed by atoms with van der Waals surface area (Å²) in [5.41, 5.74) is 2.47. The number of ether oxygens (including phenoxy) is 1. The Hall–Kier alpha value is -2.77. The highest BCUT2D eigenvalue weighted by Crippen LogP contribution is 2.33. The van der Waals surface area contributed by atoms with Crippen molar-refractivity contribution in [3.63, 3.8) is 0 Å². The predicted octanol–water partition coefficient (Wildman–Crippen LogP) is 1.83. The largest absolute Gasteiger partial charge is 0.453 e. The van der Waals surface area contributed by atoms with Crippen LogP contribution in [-0.2, 0) is 16.1 Å². The number of thiazole rings is 1. The van der Waals surface area contributed by atoms with Crippen molar-refractivity contribution in [1.82, 2.24) is 9.88 Å². The van der Waals surface area contributed by atoms with Gasteiger partial charge in [-0.3, -0.25) is 4.79 Å². The Morgan fingerprint density at radius 2 is 1.90 bits per heavy atom.